The summed E-state index contributed by atoms with van der Waals surface area (Å²) in [5.41, 5.74) is 1.54. The maximum atomic E-state index is 12.1. The summed E-state index contributed by atoms with van der Waals surface area (Å²) >= 11 is 7.06. The zero-order valence-electron chi connectivity index (χ0n) is 11.6. The largest absolute Gasteiger partial charge is 0.465 e. The van der Waals surface area contributed by atoms with E-state index in [0.717, 1.165) is 11.3 Å². The highest BCUT2D eigenvalue weighted by atomic mass is 32.2. The quantitative estimate of drug-likeness (QED) is 0.609. The lowest BCUT2D eigenvalue weighted by atomic mass is 10.1. The Hall–Kier alpha value is -1.60. The first-order valence-corrected chi connectivity index (χ1v) is 7.90. The summed E-state index contributed by atoms with van der Waals surface area (Å²) in [4.78, 5) is 27.1. The number of ether oxygens (including phenoxy) is 1. The molecule has 0 aliphatic carbocycles. The van der Waals surface area contributed by atoms with Crippen molar-refractivity contribution in [2.75, 3.05) is 19.9 Å². The number of carbonyl (C=O) groups is 2. The Kier molecular flexibility index (Phi) is 3.62. The van der Waals surface area contributed by atoms with Crippen molar-refractivity contribution >= 4 is 41.0 Å². The Morgan fingerprint density at radius 2 is 2.05 bits per heavy atom. The van der Waals surface area contributed by atoms with E-state index in [-0.39, 0.29) is 23.3 Å². The molecule has 5 nitrogen and oxygen atoms in total. The normalized spacial score (nSPS) is 24.5. The van der Waals surface area contributed by atoms with Crippen LogP contribution in [0, 0.1) is 0 Å². The summed E-state index contributed by atoms with van der Waals surface area (Å²) in [6.45, 7) is 0. The standard InChI is InChI=1S/C14H14N2O3S2/c1-15-11(17)10-7-21-12(16(10)14(15)20)8-3-5-9(6-4-8)13(18)19-2/h3-6,10,12H,7H2,1-2H3. The van der Waals surface area contributed by atoms with Crippen LogP contribution in [0.1, 0.15) is 21.3 Å². The van der Waals surface area contributed by atoms with Crippen molar-refractivity contribution in [3.05, 3.63) is 35.4 Å². The molecule has 0 radical (unpaired) electrons. The van der Waals surface area contributed by atoms with Crippen molar-refractivity contribution in [1.29, 1.82) is 0 Å². The molecule has 1 amide bonds. The molecule has 0 spiro atoms. The van der Waals surface area contributed by atoms with E-state index >= 15 is 0 Å². The molecule has 0 bridgehead atoms. The molecular weight excluding hydrogens is 308 g/mol. The number of methoxy groups -OCH3 is 1. The lowest BCUT2D eigenvalue weighted by Crippen LogP contribution is -2.32. The van der Waals surface area contributed by atoms with E-state index in [1.54, 1.807) is 30.9 Å². The van der Waals surface area contributed by atoms with Gasteiger partial charge in [-0.3, -0.25) is 9.69 Å². The lowest BCUT2D eigenvalue weighted by Gasteiger charge is -2.24. The first-order valence-electron chi connectivity index (χ1n) is 6.44. The van der Waals surface area contributed by atoms with Crippen molar-refractivity contribution in [2.24, 2.45) is 0 Å². The van der Waals surface area contributed by atoms with Crippen molar-refractivity contribution in [2.45, 2.75) is 11.4 Å². The molecule has 2 aliphatic heterocycles. The number of thioether (sulfide) groups is 1. The second-order valence-electron chi connectivity index (χ2n) is 4.90. The smallest absolute Gasteiger partial charge is 0.337 e. The van der Waals surface area contributed by atoms with Crippen LogP contribution >= 0.6 is 24.0 Å². The van der Waals surface area contributed by atoms with E-state index in [1.165, 1.54) is 12.0 Å². The average Bonchev–Trinajstić information content (AvgIpc) is 3.04. The van der Waals surface area contributed by atoms with Crippen LogP contribution in [0.25, 0.3) is 0 Å². The number of esters is 1. The third-order valence-electron chi connectivity index (χ3n) is 3.74. The summed E-state index contributed by atoms with van der Waals surface area (Å²) in [5.74, 6) is 0.429. The van der Waals surface area contributed by atoms with Crippen LogP contribution in [0.2, 0.25) is 0 Å². The van der Waals surface area contributed by atoms with Crippen LogP contribution in [-0.2, 0) is 9.53 Å². The Morgan fingerprint density at radius 1 is 1.38 bits per heavy atom. The number of hydrogen-bond donors (Lipinski definition) is 0. The fourth-order valence-electron chi connectivity index (χ4n) is 2.58. The molecule has 2 atom stereocenters. The van der Waals surface area contributed by atoms with Gasteiger partial charge in [0.05, 0.1) is 12.7 Å². The number of nitrogens with zero attached hydrogens (tertiary/aromatic N) is 2. The second kappa shape index (κ2) is 5.31. The minimum absolute atomic E-state index is 0.0168. The summed E-state index contributed by atoms with van der Waals surface area (Å²) in [6.07, 6.45) is 0. The van der Waals surface area contributed by atoms with Gasteiger partial charge in [0.2, 0.25) is 0 Å². The van der Waals surface area contributed by atoms with Gasteiger partial charge < -0.3 is 9.64 Å². The molecule has 2 heterocycles. The van der Waals surface area contributed by atoms with Gasteiger partial charge in [0.1, 0.15) is 11.4 Å². The first kappa shape index (κ1) is 14.3. The van der Waals surface area contributed by atoms with Crippen LogP contribution in [0.5, 0.6) is 0 Å². The van der Waals surface area contributed by atoms with Gasteiger partial charge in [-0.1, -0.05) is 12.1 Å². The van der Waals surface area contributed by atoms with Crippen LogP contribution in [-0.4, -0.2) is 52.7 Å². The molecule has 2 saturated heterocycles. The van der Waals surface area contributed by atoms with E-state index in [4.69, 9.17) is 12.2 Å². The van der Waals surface area contributed by atoms with Gasteiger partial charge in [-0.25, -0.2) is 4.79 Å². The molecule has 0 aromatic heterocycles. The topological polar surface area (TPSA) is 49.9 Å². The van der Waals surface area contributed by atoms with Gasteiger partial charge in [-0.05, 0) is 29.9 Å². The highest BCUT2D eigenvalue weighted by molar-refractivity contribution is 7.99. The monoisotopic (exact) mass is 322 g/mol. The Morgan fingerprint density at radius 3 is 2.67 bits per heavy atom. The van der Waals surface area contributed by atoms with E-state index in [0.29, 0.717) is 10.7 Å². The Balaban J connectivity index is 1.86. The maximum absolute atomic E-state index is 12.1. The molecule has 0 N–H and O–H groups in total. The molecule has 110 valence electrons. The van der Waals surface area contributed by atoms with E-state index in [9.17, 15) is 9.59 Å². The van der Waals surface area contributed by atoms with E-state index in [1.807, 2.05) is 17.0 Å². The van der Waals surface area contributed by atoms with E-state index in [2.05, 4.69) is 4.74 Å². The fraction of sp³-hybridized carbons (Fsp3) is 0.357. The maximum Gasteiger partial charge on any atom is 0.337 e. The first-order chi connectivity index (χ1) is 10.0. The number of thiocarbonyl (C=S) groups is 1. The van der Waals surface area contributed by atoms with E-state index < -0.39 is 0 Å². The molecule has 21 heavy (non-hydrogen) atoms. The van der Waals surface area contributed by atoms with Gasteiger partial charge >= 0.3 is 5.97 Å². The number of amides is 1. The molecule has 2 aliphatic rings. The van der Waals surface area contributed by atoms with Gasteiger partial charge in [-0.2, -0.15) is 0 Å². The summed E-state index contributed by atoms with van der Waals surface area (Å²) in [5, 5.41) is 0.583. The highest BCUT2D eigenvalue weighted by Crippen LogP contribution is 2.44. The second-order valence-corrected chi connectivity index (χ2v) is 6.38. The highest BCUT2D eigenvalue weighted by Gasteiger charge is 2.48. The number of likely N-dealkylation sites (N-methyl/N-ethyl adjacent to an activating group) is 1. The zero-order valence-corrected chi connectivity index (χ0v) is 13.2. The zero-order chi connectivity index (χ0) is 15.1. The number of carbonyl (C=O) groups excluding carboxylic acids is 2. The number of benzene rings is 1. The van der Waals surface area contributed by atoms with Gasteiger partial charge in [-0.15, -0.1) is 11.8 Å². The minimum atomic E-state index is -0.356. The van der Waals surface area contributed by atoms with Crippen LogP contribution in [0.3, 0.4) is 0 Å². The third kappa shape index (κ3) is 2.20. The molecule has 0 saturated carbocycles. The van der Waals surface area contributed by atoms with Crippen molar-refractivity contribution in [3.63, 3.8) is 0 Å². The molecule has 1 aromatic rings. The molecule has 3 rings (SSSR count). The fourth-order valence-corrected chi connectivity index (χ4v) is 4.39. The minimum Gasteiger partial charge on any atom is -0.465 e. The van der Waals surface area contributed by atoms with Crippen molar-refractivity contribution < 1.29 is 14.3 Å². The van der Waals surface area contributed by atoms with Crippen molar-refractivity contribution in [3.8, 4) is 0 Å². The predicted octanol–water partition coefficient (Wildman–Crippen LogP) is 1.65. The Labute approximate surface area is 132 Å². The third-order valence-corrected chi connectivity index (χ3v) is 5.55. The van der Waals surface area contributed by atoms with Gasteiger partial charge in [0.15, 0.2) is 5.11 Å². The number of hydrogen-bond acceptors (Lipinski definition) is 5. The van der Waals surface area contributed by atoms with Gasteiger partial charge in [0, 0.05) is 12.8 Å². The van der Waals surface area contributed by atoms with Crippen LogP contribution < -0.4 is 0 Å². The van der Waals surface area contributed by atoms with Crippen molar-refractivity contribution in [1.82, 2.24) is 9.80 Å². The van der Waals surface area contributed by atoms with Gasteiger partial charge in [0.25, 0.3) is 5.91 Å². The van der Waals surface area contributed by atoms with Crippen LogP contribution in [0.4, 0.5) is 0 Å². The molecule has 7 heteroatoms. The molecule has 2 unspecified atom stereocenters. The predicted molar refractivity (Wildman–Crippen MR) is 84.0 cm³/mol. The summed E-state index contributed by atoms with van der Waals surface area (Å²) in [7, 11) is 3.07. The number of rotatable bonds is 2. The lowest BCUT2D eigenvalue weighted by molar-refractivity contribution is -0.126. The summed E-state index contributed by atoms with van der Waals surface area (Å²) in [6, 6.07) is 7.08. The average molecular weight is 322 g/mol. The number of fused-ring (bicyclic) bond motifs is 1. The Bertz CT molecular complexity index is 617. The SMILES string of the molecule is COC(=O)c1ccc(C2SCC3C(=O)N(C)C(=S)N32)cc1. The summed E-state index contributed by atoms with van der Waals surface area (Å²) < 4.78 is 4.69. The molecule has 1 aromatic carbocycles. The molecule has 2 fully saturated rings. The molecular formula is C14H14N2O3S2. The van der Waals surface area contributed by atoms with Crippen LogP contribution in [0.15, 0.2) is 24.3 Å².